The fourth-order valence-corrected chi connectivity index (χ4v) is 5.18. The summed E-state index contributed by atoms with van der Waals surface area (Å²) in [7, 11) is 0.157. The third-order valence-electron chi connectivity index (χ3n) is 4.70. The first-order valence-corrected chi connectivity index (χ1v) is 9.64. The number of rotatable bonds is 4. The fraction of sp³-hybridized carbons (Fsp3) is 0.412. The third-order valence-corrected chi connectivity index (χ3v) is 6.59. The number of sulfonamides is 1. The van der Waals surface area contributed by atoms with Gasteiger partial charge in [0.25, 0.3) is 15.6 Å². The normalized spacial score (nSPS) is 18.2. The van der Waals surface area contributed by atoms with Crippen LogP contribution in [0.4, 0.5) is 0 Å². The molecule has 26 heavy (non-hydrogen) atoms. The minimum absolute atomic E-state index is 0.303. The number of aromatic nitrogens is 2. The Morgan fingerprint density at radius 2 is 1.85 bits per heavy atom. The molecule has 0 amide bonds. The van der Waals surface area contributed by atoms with Crippen molar-refractivity contribution in [2.24, 2.45) is 14.1 Å². The van der Waals surface area contributed by atoms with E-state index in [0.29, 0.717) is 25.1 Å². The van der Waals surface area contributed by atoms with Gasteiger partial charge in [-0.3, -0.25) is 9.36 Å². The molecule has 1 fully saturated rings. The fourth-order valence-electron chi connectivity index (χ4n) is 3.36. The number of para-hydroxylation sites is 1. The van der Waals surface area contributed by atoms with Crippen LogP contribution in [0.3, 0.4) is 0 Å². The van der Waals surface area contributed by atoms with Crippen LogP contribution in [-0.2, 0) is 24.1 Å². The maximum atomic E-state index is 13.2. The molecule has 1 aromatic carbocycles. The Hall–Kier alpha value is -2.39. The van der Waals surface area contributed by atoms with Crippen LogP contribution < -0.4 is 16.0 Å². The molecule has 0 N–H and O–H groups in total. The van der Waals surface area contributed by atoms with Crippen molar-refractivity contribution in [1.82, 2.24) is 13.4 Å². The molecule has 9 heteroatoms. The van der Waals surface area contributed by atoms with E-state index in [1.165, 1.54) is 25.5 Å². The lowest BCUT2D eigenvalue weighted by Crippen LogP contribution is -2.42. The van der Waals surface area contributed by atoms with E-state index < -0.39 is 32.2 Å². The number of aryl methyl sites for hydroxylation is 1. The molecule has 2 aromatic rings. The zero-order valence-electron chi connectivity index (χ0n) is 14.9. The van der Waals surface area contributed by atoms with Gasteiger partial charge in [0.15, 0.2) is 4.90 Å². The molecule has 2 heterocycles. The molecule has 1 aromatic heterocycles. The second-order valence-corrected chi connectivity index (χ2v) is 8.13. The second-order valence-electron chi connectivity index (χ2n) is 6.27. The van der Waals surface area contributed by atoms with Gasteiger partial charge in [-0.15, -0.1) is 0 Å². The van der Waals surface area contributed by atoms with Crippen molar-refractivity contribution in [2.75, 3.05) is 13.7 Å². The van der Waals surface area contributed by atoms with E-state index in [-0.39, 0.29) is 0 Å². The van der Waals surface area contributed by atoms with Gasteiger partial charge < -0.3 is 9.30 Å². The van der Waals surface area contributed by atoms with Crippen molar-refractivity contribution in [3.8, 4) is 5.75 Å². The highest BCUT2D eigenvalue weighted by molar-refractivity contribution is 7.89. The Bertz CT molecular complexity index is 1050. The summed E-state index contributed by atoms with van der Waals surface area (Å²) < 4.78 is 35.0. The molecule has 1 aliphatic rings. The Morgan fingerprint density at radius 1 is 1.15 bits per heavy atom. The SMILES string of the molecule is COc1ccccc1[C@@H]1CCCN1S(=O)(=O)c1cn(C)c(=O)n(C)c1=O. The Labute approximate surface area is 151 Å². The van der Waals surface area contributed by atoms with E-state index in [9.17, 15) is 18.0 Å². The number of ether oxygens (including phenoxy) is 1. The van der Waals surface area contributed by atoms with Crippen LogP contribution in [0.1, 0.15) is 24.4 Å². The molecule has 1 aliphatic heterocycles. The van der Waals surface area contributed by atoms with Crippen LogP contribution in [-0.4, -0.2) is 35.5 Å². The molecule has 140 valence electrons. The minimum Gasteiger partial charge on any atom is -0.496 e. The first-order valence-electron chi connectivity index (χ1n) is 8.20. The summed E-state index contributed by atoms with van der Waals surface area (Å²) in [6, 6.07) is 6.84. The van der Waals surface area contributed by atoms with Gasteiger partial charge in [0.05, 0.1) is 13.2 Å². The lowest BCUT2D eigenvalue weighted by Gasteiger charge is -2.25. The van der Waals surface area contributed by atoms with Gasteiger partial charge in [0.2, 0.25) is 0 Å². The summed E-state index contributed by atoms with van der Waals surface area (Å²) >= 11 is 0. The average Bonchev–Trinajstić information content (AvgIpc) is 3.13. The second kappa shape index (κ2) is 6.73. The topological polar surface area (TPSA) is 90.6 Å². The predicted octanol–water partition coefficient (Wildman–Crippen LogP) is 0.618. The van der Waals surface area contributed by atoms with E-state index in [0.717, 1.165) is 20.9 Å². The highest BCUT2D eigenvalue weighted by atomic mass is 32.2. The van der Waals surface area contributed by atoms with Crippen molar-refractivity contribution in [1.29, 1.82) is 0 Å². The molecule has 0 radical (unpaired) electrons. The maximum absolute atomic E-state index is 13.2. The smallest absolute Gasteiger partial charge is 0.330 e. The van der Waals surface area contributed by atoms with Gasteiger partial charge in [0.1, 0.15) is 5.75 Å². The van der Waals surface area contributed by atoms with E-state index in [4.69, 9.17) is 4.74 Å². The summed E-state index contributed by atoms with van der Waals surface area (Å²) in [6.07, 6.45) is 2.40. The molecular formula is C17H21N3O5S. The predicted molar refractivity (Wildman–Crippen MR) is 95.8 cm³/mol. The highest BCUT2D eigenvalue weighted by Crippen LogP contribution is 2.39. The van der Waals surface area contributed by atoms with Gasteiger partial charge in [0, 0.05) is 32.4 Å². The summed E-state index contributed by atoms with van der Waals surface area (Å²) in [5, 5.41) is 0. The Balaban J connectivity index is 2.13. The maximum Gasteiger partial charge on any atom is 0.330 e. The molecule has 1 atom stereocenters. The van der Waals surface area contributed by atoms with Crippen molar-refractivity contribution < 1.29 is 13.2 Å². The lowest BCUT2D eigenvalue weighted by atomic mass is 10.0. The first kappa shape index (κ1) is 18.4. The van der Waals surface area contributed by atoms with Crippen molar-refractivity contribution in [3.63, 3.8) is 0 Å². The first-order chi connectivity index (χ1) is 12.3. The quantitative estimate of drug-likeness (QED) is 0.777. The van der Waals surface area contributed by atoms with Gasteiger partial charge in [-0.25, -0.2) is 13.2 Å². The number of methoxy groups -OCH3 is 1. The molecular weight excluding hydrogens is 358 g/mol. The van der Waals surface area contributed by atoms with E-state index in [2.05, 4.69) is 0 Å². The Morgan fingerprint density at radius 3 is 2.54 bits per heavy atom. The van der Waals surface area contributed by atoms with Crippen LogP contribution >= 0.6 is 0 Å². The largest absolute Gasteiger partial charge is 0.496 e. The van der Waals surface area contributed by atoms with Crippen LogP contribution in [0.15, 0.2) is 44.9 Å². The van der Waals surface area contributed by atoms with Crippen LogP contribution in [0.25, 0.3) is 0 Å². The average molecular weight is 379 g/mol. The molecule has 3 rings (SSSR count). The van der Waals surface area contributed by atoms with Crippen LogP contribution in [0.5, 0.6) is 5.75 Å². The van der Waals surface area contributed by atoms with Gasteiger partial charge >= 0.3 is 5.69 Å². The monoisotopic (exact) mass is 379 g/mol. The minimum atomic E-state index is -4.07. The number of benzene rings is 1. The standard InChI is InChI=1S/C17H21N3O5S/c1-18-11-15(16(21)19(2)17(18)22)26(23,24)20-10-6-8-13(20)12-7-4-5-9-14(12)25-3/h4-5,7,9,11,13H,6,8,10H2,1-3H3/t13-/m0/s1. The summed E-state index contributed by atoms with van der Waals surface area (Å²) in [5.74, 6) is 0.605. The third kappa shape index (κ3) is 2.86. The molecule has 8 nitrogen and oxygen atoms in total. The highest BCUT2D eigenvalue weighted by Gasteiger charge is 2.39. The summed E-state index contributed by atoms with van der Waals surface area (Å²) in [4.78, 5) is 23.9. The van der Waals surface area contributed by atoms with E-state index in [1.807, 2.05) is 18.2 Å². The van der Waals surface area contributed by atoms with Crippen molar-refractivity contribution >= 4 is 10.0 Å². The zero-order chi connectivity index (χ0) is 19.1. The number of hydrogen-bond acceptors (Lipinski definition) is 5. The molecule has 0 saturated carbocycles. The molecule has 0 bridgehead atoms. The molecule has 0 aliphatic carbocycles. The van der Waals surface area contributed by atoms with E-state index in [1.54, 1.807) is 6.07 Å². The van der Waals surface area contributed by atoms with E-state index >= 15 is 0 Å². The van der Waals surface area contributed by atoms with Crippen molar-refractivity contribution in [2.45, 2.75) is 23.8 Å². The lowest BCUT2D eigenvalue weighted by molar-refractivity contribution is 0.366. The molecule has 0 unspecified atom stereocenters. The Kier molecular flexibility index (Phi) is 4.76. The number of nitrogens with zero attached hydrogens (tertiary/aromatic N) is 3. The summed E-state index contributed by atoms with van der Waals surface area (Å²) in [5.41, 5.74) is -0.631. The molecule has 0 spiro atoms. The van der Waals surface area contributed by atoms with Crippen LogP contribution in [0, 0.1) is 0 Å². The molecule has 1 saturated heterocycles. The van der Waals surface area contributed by atoms with Gasteiger partial charge in [-0.2, -0.15) is 4.31 Å². The van der Waals surface area contributed by atoms with Crippen LogP contribution in [0.2, 0.25) is 0 Å². The summed E-state index contributed by atoms with van der Waals surface area (Å²) in [6.45, 7) is 0.303. The van der Waals surface area contributed by atoms with Gasteiger partial charge in [-0.05, 0) is 18.9 Å². The number of hydrogen-bond donors (Lipinski definition) is 0. The zero-order valence-corrected chi connectivity index (χ0v) is 15.7. The van der Waals surface area contributed by atoms with Gasteiger partial charge in [-0.1, -0.05) is 18.2 Å². The van der Waals surface area contributed by atoms with Crippen molar-refractivity contribution in [3.05, 3.63) is 56.9 Å².